The van der Waals surface area contributed by atoms with Crippen molar-refractivity contribution in [3.05, 3.63) is 24.3 Å². The van der Waals surface area contributed by atoms with Gasteiger partial charge in [-0.3, -0.25) is 0 Å². The third-order valence-electron chi connectivity index (χ3n) is 1.63. The summed E-state index contributed by atoms with van der Waals surface area (Å²) in [6.07, 6.45) is 0. The number of nitrogens with zero attached hydrogens (tertiary/aromatic N) is 1. The summed E-state index contributed by atoms with van der Waals surface area (Å²) < 4.78 is 12.3. The number of thiazole rings is 1. The van der Waals surface area contributed by atoms with Crippen molar-refractivity contribution in [2.75, 3.05) is 6.66 Å². The first-order chi connectivity index (χ1) is 6.07. The van der Waals surface area contributed by atoms with Gasteiger partial charge in [0, 0.05) is 0 Å². The Balaban J connectivity index is 0.000000980. The molecule has 2 rings (SSSR count). The van der Waals surface area contributed by atoms with Gasteiger partial charge in [0.25, 0.3) is 0 Å². The third kappa shape index (κ3) is 2.74. The summed E-state index contributed by atoms with van der Waals surface area (Å²) in [5, 5.41) is 0. The van der Waals surface area contributed by atoms with Crippen LogP contribution in [0.3, 0.4) is 0 Å². The second kappa shape index (κ2) is 4.85. The molecule has 1 atom stereocenters. The van der Waals surface area contributed by atoms with Gasteiger partial charge < -0.3 is 9.46 Å². The van der Waals surface area contributed by atoms with Gasteiger partial charge >= 0.3 is 51.4 Å². The summed E-state index contributed by atoms with van der Waals surface area (Å²) in [4.78, 5) is 15.2. The molecule has 1 aromatic heterocycles. The Hall–Kier alpha value is 0.936. The van der Waals surface area contributed by atoms with Crippen LogP contribution in [0.4, 0.5) is 0 Å². The summed E-state index contributed by atoms with van der Waals surface area (Å²) in [6.45, 7) is 1.20. The zero-order valence-electron chi connectivity index (χ0n) is 7.93. The van der Waals surface area contributed by atoms with E-state index in [0.29, 0.717) is 0 Å². The maximum atomic E-state index is 11.2. The van der Waals surface area contributed by atoms with Crippen LogP contribution in [0.2, 0.25) is 0 Å². The fourth-order valence-electron chi connectivity index (χ4n) is 1.03. The number of hydrogen-bond acceptors (Lipinski definition) is 4. The van der Waals surface area contributed by atoms with Crippen molar-refractivity contribution < 1.29 is 60.8 Å². The summed E-state index contributed by atoms with van der Waals surface area (Å²) in [7, 11) is -3.43. The maximum Gasteiger partial charge on any atom is 1.00 e. The van der Waals surface area contributed by atoms with E-state index < -0.39 is 7.37 Å². The van der Waals surface area contributed by atoms with Gasteiger partial charge in [-0.1, -0.05) is 12.1 Å². The average Bonchev–Trinajstić information content (AvgIpc) is 2.45. The van der Waals surface area contributed by atoms with Crippen molar-refractivity contribution >= 4 is 33.7 Å². The molecule has 0 aliphatic carbocycles. The Kier molecular flexibility index (Phi) is 4.50. The van der Waals surface area contributed by atoms with Gasteiger partial charge in [-0.25, -0.2) is 4.98 Å². The van der Waals surface area contributed by atoms with Gasteiger partial charge in [-0.15, -0.1) is 11.3 Å². The number of fused-ring (bicyclic) bond motifs is 1. The van der Waals surface area contributed by atoms with Crippen LogP contribution in [0.5, 0.6) is 0 Å². The second-order valence-corrected chi connectivity index (χ2v) is 6.26. The van der Waals surface area contributed by atoms with E-state index >= 15 is 0 Å². The molecule has 1 heterocycles. The fourth-order valence-corrected chi connectivity index (χ4v) is 2.99. The van der Waals surface area contributed by atoms with E-state index in [4.69, 9.17) is 0 Å². The van der Waals surface area contributed by atoms with E-state index in [9.17, 15) is 9.46 Å². The first-order valence-corrected chi connectivity index (χ1v) is 6.61. The quantitative estimate of drug-likeness (QED) is 0.443. The predicted molar refractivity (Wildman–Crippen MR) is 52.8 cm³/mol. The monoisotopic (exact) mass is 251 g/mol. The first-order valence-electron chi connectivity index (χ1n) is 3.72. The second-order valence-electron chi connectivity index (χ2n) is 2.81. The van der Waals surface area contributed by atoms with Gasteiger partial charge in [-0.2, -0.15) is 0 Å². The van der Waals surface area contributed by atoms with E-state index in [1.165, 1.54) is 18.0 Å². The molecule has 0 aliphatic rings. The molecule has 14 heavy (non-hydrogen) atoms. The summed E-state index contributed by atoms with van der Waals surface area (Å²) in [6, 6.07) is 7.39. The van der Waals surface area contributed by atoms with Gasteiger partial charge in [-0.05, 0) is 18.8 Å². The van der Waals surface area contributed by atoms with Crippen LogP contribution in [0.1, 0.15) is 0 Å². The van der Waals surface area contributed by atoms with E-state index in [0.717, 1.165) is 10.2 Å². The average molecular weight is 251 g/mol. The van der Waals surface area contributed by atoms with Crippen molar-refractivity contribution in [1.29, 1.82) is 0 Å². The molecular formula is C8H7KNO2PS. The number of hydrogen-bond donors (Lipinski definition) is 0. The minimum absolute atomic E-state index is 0. The minimum atomic E-state index is -3.43. The SMILES string of the molecule is CP(=O)([O-])c1nc2ccccc2s1.[K+]. The molecule has 0 N–H and O–H groups in total. The molecule has 1 unspecified atom stereocenters. The van der Waals surface area contributed by atoms with Crippen LogP contribution < -0.4 is 61.0 Å². The molecule has 68 valence electrons. The van der Waals surface area contributed by atoms with Crippen LogP contribution in [-0.4, -0.2) is 11.6 Å². The molecule has 0 bridgehead atoms. The van der Waals surface area contributed by atoms with E-state index in [-0.39, 0.29) is 56.1 Å². The molecule has 0 amide bonds. The van der Waals surface area contributed by atoms with Crippen LogP contribution in [0.25, 0.3) is 10.2 Å². The minimum Gasteiger partial charge on any atom is -0.795 e. The number of rotatable bonds is 1. The Bertz CT molecular complexity index is 460. The Labute approximate surface area is 128 Å². The number of benzene rings is 1. The molecule has 1 aromatic carbocycles. The van der Waals surface area contributed by atoms with Crippen LogP contribution in [0, 0.1) is 0 Å². The molecular weight excluding hydrogens is 244 g/mol. The van der Waals surface area contributed by atoms with Crippen molar-refractivity contribution in [3.63, 3.8) is 0 Å². The van der Waals surface area contributed by atoms with Crippen LogP contribution >= 0.6 is 18.7 Å². The largest absolute Gasteiger partial charge is 1.00 e. The van der Waals surface area contributed by atoms with E-state index in [1.54, 1.807) is 0 Å². The van der Waals surface area contributed by atoms with Gasteiger partial charge in [0.05, 0.1) is 17.6 Å². The van der Waals surface area contributed by atoms with Crippen molar-refractivity contribution in [2.24, 2.45) is 0 Å². The van der Waals surface area contributed by atoms with E-state index in [2.05, 4.69) is 4.98 Å². The molecule has 0 saturated heterocycles. The molecule has 6 heteroatoms. The summed E-state index contributed by atoms with van der Waals surface area (Å²) in [5.41, 5.74) is 0.750. The molecule has 0 aliphatic heterocycles. The van der Waals surface area contributed by atoms with Gasteiger partial charge in [0.15, 0.2) is 0 Å². The summed E-state index contributed by atoms with van der Waals surface area (Å²) >= 11 is 1.22. The van der Waals surface area contributed by atoms with Gasteiger partial charge in [0.1, 0.15) is 4.75 Å². The number of aromatic nitrogens is 1. The Morgan fingerprint density at radius 3 is 2.64 bits per heavy atom. The molecule has 0 radical (unpaired) electrons. The Morgan fingerprint density at radius 1 is 1.43 bits per heavy atom. The van der Waals surface area contributed by atoms with Crippen molar-refractivity contribution in [3.8, 4) is 0 Å². The molecule has 0 fully saturated rings. The summed E-state index contributed by atoms with van der Waals surface area (Å²) in [5.74, 6) is 0. The van der Waals surface area contributed by atoms with Crippen LogP contribution in [0.15, 0.2) is 24.3 Å². The molecule has 3 nitrogen and oxygen atoms in total. The molecule has 0 spiro atoms. The molecule has 2 aromatic rings. The smallest absolute Gasteiger partial charge is 0.795 e. The fraction of sp³-hybridized carbons (Fsp3) is 0.125. The van der Waals surface area contributed by atoms with Crippen LogP contribution in [-0.2, 0) is 4.57 Å². The number of para-hydroxylation sites is 1. The van der Waals surface area contributed by atoms with Crippen molar-refractivity contribution in [1.82, 2.24) is 4.98 Å². The normalized spacial score (nSPS) is 14.7. The predicted octanol–water partition coefficient (Wildman–Crippen LogP) is -1.81. The van der Waals surface area contributed by atoms with E-state index in [1.807, 2.05) is 24.3 Å². The Morgan fingerprint density at radius 2 is 2.07 bits per heavy atom. The van der Waals surface area contributed by atoms with Gasteiger partial charge in [0.2, 0.25) is 0 Å². The van der Waals surface area contributed by atoms with Crippen molar-refractivity contribution in [2.45, 2.75) is 0 Å². The zero-order chi connectivity index (χ0) is 9.47. The maximum absolute atomic E-state index is 11.2. The topological polar surface area (TPSA) is 53.0 Å². The molecule has 0 saturated carbocycles. The standard InChI is InChI=1S/C8H8NO2PS.K/c1-12(10,11)8-9-6-4-2-3-5-7(6)13-8;/h2-5H,1H3,(H,10,11);/q;+1/p-1. The third-order valence-corrected chi connectivity index (χ3v) is 4.53. The zero-order valence-corrected chi connectivity index (χ0v) is 12.8. The first kappa shape index (κ1) is 13.0.